The minimum atomic E-state index is 0.0118. The van der Waals surface area contributed by atoms with Crippen LogP contribution in [-0.2, 0) is 4.79 Å². The molecule has 1 aliphatic rings. The molecular weight excluding hydrogens is 342 g/mol. The minimum absolute atomic E-state index is 0.0118. The predicted molar refractivity (Wildman–Crippen MR) is 111 cm³/mol. The minimum Gasteiger partial charge on any atom is -0.367 e. The van der Waals surface area contributed by atoms with Crippen molar-refractivity contribution in [2.24, 2.45) is 0 Å². The fraction of sp³-hybridized carbons (Fsp3) is 0.333. The summed E-state index contributed by atoms with van der Waals surface area (Å²) in [4.78, 5) is 12.4. The van der Waals surface area contributed by atoms with Gasteiger partial charge in [0.25, 0.3) is 0 Å². The van der Waals surface area contributed by atoms with Crippen LogP contribution in [0.5, 0.6) is 0 Å². The van der Waals surface area contributed by atoms with E-state index < -0.39 is 0 Å². The SMILES string of the molecule is CCC1=C/C=C(/C(=O)NCCNc2nscccccc2C)CC/C=C\1. The van der Waals surface area contributed by atoms with E-state index in [0.717, 1.165) is 36.2 Å². The smallest absolute Gasteiger partial charge is 0.247 e. The van der Waals surface area contributed by atoms with E-state index in [9.17, 15) is 4.79 Å². The molecule has 0 fully saturated rings. The lowest BCUT2D eigenvalue weighted by molar-refractivity contribution is -0.117. The topological polar surface area (TPSA) is 54.0 Å². The van der Waals surface area contributed by atoms with E-state index in [1.807, 2.05) is 48.7 Å². The Kier molecular flexibility index (Phi) is 8.63. The molecule has 0 aliphatic heterocycles. The van der Waals surface area contributed by atoms with Crippen LogP contribution in [0.25, 0.3) is 0 Å². The Labute approximate surface area is 160 Å². The van der Waals surface area contributed by atoms with Gasteiger partial charge >= 0.3 is 0 Å². The van der Waals surface area contributed by atoms with Gasteiger partial charge in [0, 0.05) is 24.0 Å². The maximum absolute atomic E-state index is 12.4. The Bertz CT molecular complexity index is 745. The maximum atomic E-state index is 12.4. The molecule has 0 aromatic carbocycles. The molecule has 0 saturated heterocycles. The fourth-order valence-electron chi connectivity index (χ4n) is 2.47. The monoisotopic (exact) mass is 369 g/mol. The van der Waals surface area contributed by atoms with Crippen LogP contribution in [0.4, 0.5) is 5.82 Å². The van der Waals surface area contributed by atoms with Crippen molar-refractivity contribution in [1.29, 1.82) is 0 Å². The Morgan fingerprint density at radius 1 is 1.23 bits per heavy atom. The van der Waals surface area contributed by atoms with Crippen molar-refractivity contribution >= 4 is 23.3 Å². The maximum Gasteiger partial charge on any atom is 0.247 e. The lowest BCUT2D eigenvalue weighted by Crippen LogP contribution is -2.30. The van der Waals surface area contributed by atoms with Crippen molar-refractivity contribution in [3.8, 4) is 0 Å². The zero-order valence-corrected chi connectivity index (χ0v) is 16.3. The van der Waals surface area contributed by atoms with Crippen LogP contribution >= 0.6 is 11.5 Å². The number of allylic oxidation sites excluding steroid dienone is 5. The van der Waals surface area contributed by atoms with E-state index >= 15 is 0 Å². The van der Waals surface area contributed by atoms with Crippen molar-refractivity contribution in [2.75, 3.05) is 18.4 Å². The van der Waals surface area contributed by atoms with Gasteiger partial charge in [-0.05, 0) is 48.9 Å². The first-order valence-corrected chi connectivity index (χ1v) is 9.87. The van der Waals surface area contributed by atoms with Crippen LogP contribution in [-0.4, -0.2) is 23.4 Å². The first kappa shape index (κ1) is 19.9. The highest BCUT2D eigenvalue weighted by atomic mass is 32.1. The molecule has 0 unspecified atom stereocenters. The fourth-order valence-corrected chi connectivity index (χ4v) is 3.00. The zero-order chi connectivity index (χ0) is 18.6. The van der Waals surface area contributed by atoms with E-state index in [1.165, 1.54) is 17.1 Å². The number of hydrogen-bond acceptors (Lipinski definition) is 4. The summed E-state index contributed by atoms with van der Waals surface area (Å²) in [6, 6.07) is 7.94. The van der Waals surface area contributed by atoms with Crippen molar-refractivity contribution in [1.82, 2.24) is 9.69 Å². The lowest BCUT2D eigenvalue weighted by atomic mass is 10.0. The second-order valence-corrected chi connectivity index (χ2v) is 6.68. The highest BCUT2D eigenvalue weighted by molar-refractivity contribution is 7.03. The first-order valence-electron chi connectivity index (χ1n) is 9.03. The third-order valence-electron chi connectivity index (χ3n) is 4.04. The first-order chi connectivity index (χ1) is 12.7. The molecule has 1 aromatic rings. The van der Waals surface area contributed by atoms with E-state index in [0.29, 0.717) is 13.1 Å². The second kappa shape index (κ2) is 11.3. The largest absolute Gasteiger partial charge is 0.367 e. The Morgan fingerprint density at radius 3 is 2.96 bits per heavy atom. The van der Waals surface area contributed by atoms with E-state index in [1.54, 1.807) is 0 Å². The van der Waals surface area contributed by atoms with Gasteiger partial charge in [0.15, 0.2) is 0 Å². The van der Waals surface area contributed by atoms with Gasteiger partial charge < -0.3 is 10.6 Å². The molecule has 0 radical (unpaired) electrons. The predicted octanol–water partition coefficient (Wildman–Crippen LogP) is 4.72. The molecule has 0 atom stereocenters. The van der Waals surface area contributed by atoms with Crippen LogP contribution in [0, 0.1) is 6.92 Å². The van der Waals surface area contributed by atoms with Crippen molar-refractivity contribution < 1.29 is 4.79 Å². The standard InChI is InChI=1S/C21H27N3OS/c1-3-18-10-6-7-11-19(13-12-18)21(25)23-15-14-22-20-17(2)9-5-4-8-16-26-24-20/h4-6,8-10,12-13,16H,3,7,11,14-15H2,1-2H3,(H,22,24)(H,23,25)/b5-4?,10-6-,16-8?,17-9?,18-12-,19-13+. The summed E-state index contributed by atoms with van der Waals surface area (Å²) in [7, 11) is 0. The number of rotatable bonds is 6. The van der Waals surface area contributed by atoms with Crippen molar-refractivity contribution in [2.45, 2.75) is 33.1 Å². The normalized spacial score (nSPS) is 18.8. The summed E-state index contributed by atoms with van der Waals surface area (Å²) in [6.45, 7) is 5.33. The molecular formula is C21H27N3OS. The summed E-state index contributed by atoms with van der Waals surface area (Å²) in [6.07, 6.45) is 10.9. The number of nitrogens with zero attached hydrogens (tertiary/aromatic N) is 1. The molecule has 2 rings (SSSR count). The van der Waals surface area contributed by atoms with Crippen LogP contribution < -0.4 is 10.6 Å². The molecule has 0 saturated carbocycles. The molecule has 1 aliphatic carbocycles. The molecule has 2 N–H and O–H groups in total. The Hall–Kier alpha value is -2.40. The van der Waals surface area contributed by atoms with E-state index in [2.05, 4.69) is 34.1 Å². The summed E-state index contributed by atoms with van der Waals surface area (Å²) in [5.74, 6) is 0.851. The van der Waals surface area contributed by atoms with Gasteiger partial charge in [-0.15, -0.1) is 0 Å². The van der Waals surface area contributed by atoms with Crippen molar-refractivity contribution in [3.63, 3.8) is 0 Å². The third kappa shape index (κ3) is 6.84. The number of aromatic nitrogens is 1. The van der Waals surface area contributed by atoms with Gasteiger partial charge in [0.2, 0.25) is 5.91 Å². The van der Waals surface area contributed by atoms with E-state index in [-0.39, 0.29) is 5.91 Å². The van der Waals surface area contributed by atoms with Crippen LogP contribution in [0.15, 0.2) is 65.1 Å². The van der Waals surface area contributed by atoms with Gasteiger partial charge in [-0.25, -0.2) is 0 Å². The number of amides is 1. The Morgan fingerprint density at radius 2 is 2.12 bits per heavy atom. The number of nitrogens with one attached hydrogen (secondary N) is 2. The van der Waals surface area contributed by atoms with Crippen LogP contribution in [0.3, 0.4) is 0 Å². The highest BCUT2D eigenvalue weighted by Crippen LogP contribution is 2.14. The number of carbonyl (C=O) groups excluding carboxylic acids is 1. The van der Waals surface area contributed by atoms with Crippen LogP contribution in [0.1, 0.15) is 31.7 Å². The second-order valence-electron chi connectivity index (χ2n) is 6.02. The van der Waals surface area contributed by atoms with Crippen molar-refractivity contribution in [3.05, 3.63) is 70.7 Å². The van der Waals surface area contributed by atoms with Gasteiger partial charge in [0.05, 0.1) is 0 Å². The summed E-state index contributed by atoms with van der Waals surface area (Å²) in [5.41, 5.74) is 3.15. The van der Waals surface area contributed by atoms with Gasteiger partial charge in [-0.3, -0.25) is 4.79 Å². The molecule has 0 spiro atoms. The van der Waals surface area contributed by atoms with Crippen LogP contribution in [0.2, 0.25) is 0 Å². The average molecular weight is 370 g/mol. The zero-order valence-electron chi connectivity index (χ0n) is 15.5. The quantitative estimate of drug-likeness (QED) is 0.714. The number of anilines is 1. The number of carbonyl (C=O) groups is 1. The summed E-state index contributed by atoms with van der Waals surface area (Å²) in [5, 5.41) is 8.23. The number of aryl methyl sites for hydroxylation is 1. The average Bonchev–Trinajstić information content (AvgIpc) is 2.71. The third-order valence-corrected chi connectivity index (χ3v) is 4.61. The highest BCUT2D eigenvalue weighted by Gasteiger charge is 2.08. The lowest BCUT2D eigenvalue weighted by Gasteiger charge is -2.11. The molecule has 1 heterocycles. The molecule has 5 heteroatoms. The van der Waals surface area contributed by atoms with E-state index in [4.69, 9.17) is 0 Å². The van der Waals surface area contributed by atoms with Gasteiger partial charge in [0.1, 0.15) is 5.82 Å². The molecule has 0 bridgehead atoms. The molecule has 4 nitrogen and oxygen atoms in total. The molecule has 138 valence electrons. The Balaban J connectivity index is 1.88. The number of hydrogen-bond donors (Lipinski definition) is 2. The molecule has 1 aromatic heterocycles. The van der Waals surface area contributed by atoms with Gasteiger partial charge in [-0.1, -0.05) is 55.5 Å². The molecule has 1 amide bonds. The van der Waals surface area contributed by atoms with Gasteiger partial charge in [-0.2, -0.15) is 4.37 Å². The molecule has 26 heavy (non-hydrogen) atoms. The summed E-state index contributed by atoms with van der Waals surface area (Å²) >= 11 is 1.39. The summed E-state index contributed by atoms with van der Waals surface area (Å²) < 4.78 is 4.46.